The Labute approximate surface area is 78.2 Å². The van der Waals surface area contributed by atoms with Crippen molar-refractivity contribution < 1.29 is 4.39 Å². The minimum Gasteiger partial charge on any atom is -0.330 e. The van der Waals surface area contributed by atoms with Crippen LogP contribution < -0.4 is 5.73 Å². The van der Waals surface area contributed by atoms with Crippen LogP contribution in [0.25, 0.3) is 0 Å². The normalized spacial score (nSPS) is 11.8. The summed E-state index contributed by atoms with van der Waals surface area (Å²) >= 11 is 0. The molecule has 0 heterocycles. The highest BCUT2D eigenvalue weighted by Crippen LogP contribution is 2.19. The second-order valence-corrected chi connectivity index (χ2v) is 2.46. The lowest BCUT2D eigenvalue weighted by atomic mass is 10.1. The van der Waals surface area contributed by atoms with Crippen LogP contribution in [0.3, 0.4) is 0 Å². The number of alkyl halides is 1. The summed E-state index contributed by atoms with van der Waals surface area (Å²) in [7, 11) is 0. The highest BCUT2D eigenvalue weighted by atomic mass is 35.5. The molecule has 0 fully saturated rings. The second-order valence-electron chi connectivity index (χ2n) is 2.46. The van der Waals surface area contributed by atoms with Crippen LogP contribution in [0.15, 0.2) is 30.3 Å². The van der Waals surface area contributed by atoms with E-state index in [1.165, 1.54) is 0 Å². The molecule has 0 saturated heterocycles. The number of hydrogen-bond acceptors (Lipinski definition) is 1. The van der Waals surface area contributed by atoms with E-state index >= 15 is 0 Å². The maximum atomic E-state index is 13.1. The highest BCUT2D eigenvalue weighted by molar-refractivity contribution is 5.85. The van der Waals surface area contributed by atoms with Gasteiger partial charge in [0.05, 0.1) is 0 Å². The monoisotopic (exact) mass is 189 g/mol. The van der Waals surface area contributed by atoms with Gasteiger partial charge < -0.3 is 5.73 Å². The van der Waals surface area contributed by atoms with E-state index in [0.29, 0.717) is 13.0 Å². The maximum Gasteiger partial charge on any atom is 0.126 e. The van der Waals surface area contributed by atoms with Crippen LogP contribution in [0.4, 0.5) is 4.39 Å². The lowest BCUT2D eigenvalue weighted by molar-refractivity contribution is 0.328. The predicted octanol–water partition coefficient (Wildman–Crippen LogP) is 2.47. The molecule has 68 valence electrons. The van der Waals surface area contributed by atoms with Gasteiger partial charge in [-0.05, 0) is 18.5 Å². The lowest BCUT2D eigenvalue weighted by Gasteiger charge is -2.05. The fourth-order valence-electron chi connectivity index (χ4n) is 0.975. The van der Waals surface area contributed by atoms with Crippen molar-refractivity contribution in [2.75, 3.05) is 6.54 Å². The van der Waals surface area contributed by atoms with Crippen molar-refractivity contribution in [1.82, 2.24) is 0 Å². The van der Waals surface area contributed by atoms with Gasteiger partial charge in [-0.15, -0.1) is 12.4 Å². The number of halogens is 2. The van der Waals surface area contributed by atoms with Crippen molar-refractivity contribution in [2.45, 2.75) is 12.6 Å². The van der Waals surface area contributed by atoms with Gasteiger partial charge in [-0.3, -0.25) is 0 Å². The molecule has 0 aliphatic carbocycles. The Hall–Kier alpha value is -0.600. The van der Waals surface area contributed by atoms with Crippen molar-refractivity contribution in [3.05, 3.63) is 35.9 Å². The molecule has 0 bridgehead atoms. The summed E-state index contributed by atoms with van der Waals surface area (Å²) in [6, 6.07) is 9.09. The van der Waals surface area contributed by atoms with Crippen LogP contribution >= 0.6 is 12.4 Å². The van der Waals surface area contributed by atoms with E-state index in [9.17, 15) is 4.39 Å². The first-order valence-corrected chi connectivity index (χ1v) is 3.73. The van der Waals surface area contributed by atoms with Crippen LogP contribution in [-0.2, 0) is 0 Å². The van der Waals surface area contributed by atoms with Crippen molar-refractivity contribution in [3.63, 3.8) is 0 Å². The topological polar surface area (TPSA) is 26.0 Å². The third kappa shape index (κ3) is 3.20. The fraction of sp³-hybridized carbons (Fsp3) is 0.333. The van der Waals surface area contributed by atoms with Gasteiger partial charge in [0.1, 0.15) is 6.17 Å². The van der Waals surface area contributed by atoms with E-state index in [4.69, 9.17) is 5.73 Å². The van der Waals surface area contributed by atoms with E-state index in [0.717, 1.165) is 5.56 Å². The molecule has 0 radical (unpaired) electrons. The molecule has 3 heteroatoms. The Balaban J connectivity index is 0.00000121. The molecule has 1 aromatic carbocycles. The molecule has 0 amide bonds. The molecular weight excluding hydrogens is 177 g/mol. The van der Waals surface area contributed by atoms with Crippen molar-refractivity contribution in [1.29, 1.82) is 0 Å². The molecule has 0 aliphatic rings. The largest absolute Gasteiger partial charge is 0.330 e. The summed E-state index contributed by atoms with van der Waals surface area (Å²) in [6.45, 7) is 0.399. The minimum absolute atomic E-state index is 0. The van der Waals surface area contributed by atoms with Crippen LogP contribution in [-0.4, -0.2) is 6.54 Å². The van der Waals surface area contributed by atoms with Crippen molar-refractivity contribution >= 4 is 12.4 Å². The van der Waals surface area contributed by atoms with E-state index in [2.05, 4.69) is 0 Å². The summed E-state index contributed by atoms with van der Waals surface area (Å²) in [6.07, 6.45) is -0.495. The van der Waals surface area contributed by atoms with Crippen LogP contribution in [0.1, 0.15) is 18.2 Å². The average Bonchev–Trinajstić information content (AvgIpc) is 2.07. The molecule has 1 atom stereocenters. The standard InChI is InChI=1S/C9H12FN.ClH/c10-9(6-7-11)8-4-2-1-3-5-8;/h1-5,9H,6-7,11H2;1H. The van der Waals surface area contributed by atoms with E-state index in [-0.39, 0.29) is 12.4 Å². The molecule has 1 rings (SSSR count). The van der Waals surface area contributed by atoms with Crippen molar-refractivity contribution in [2.24, 2.45) is 5.73 Å². The average molecular weight is 190 g/mol. The summed E-state index contributed by atoms with van der Waals surface area (Å²) in [5, 5.41) is 0. The van der Waals surface area contributed by atoms with Gasteiger partial charge >= 0.3 is 0 Å². The molecule has 1 aromatic rings. The molecule has 2 N–H and O–H groups in total. The third-order valence-electron chi connectivity index (χ3n) is 1.58. The molecule has 1 nitrogen and oxygen atoms in total. The first kappa shape index (κ1) is 11.4. The first-order chi connectivity index (χ1) is 5.34. The molecule has 0 aromatic heterocycles. The molecule has 0 saturated carbocycles. The smallest absolute Gasteiger partial charge is 0.126 e. The van der Waals surface area contributed by atoms with Gasteiger partial charge in [-0.25, -0.2) is 4.39 Å². The fourth-order valence-corrected chi connectivity index (χ4v) is 0.975. The Morgan fingerprint density at radius 1 is 1.25 bits per heavy atom. The zero-order valence-corrected chi connectivity index (χ0v) is 7.56. The van der Waals surface area contributed by atoms with Gasteiger partial charge in [0.25, 0.3) is 0 Å². The summed E-state index contributed by atoms with van der Waals surface area (Å²) < 4.78 is 13.1. The van der Waals surface area contributed by atoms with Crippen LogP contribution in [0.2, 0.25) is 0 Å². The minimum atomic E-state index is -0.902. The van der Waals surface area contributed by atoms with Gasteiger partial charge in [0, 0.05) is 0 Å². The van der Waals surface area contributed by atoms with Crippen LogP contribution in [0.5, 0.6) is 0 Å². The van der Waals surface area contributed by atoms with E-state index in [1.807, 2.05) is 18.2 Å². The number of benzene rings is 1. The Bertz CT molecular complexity index is 203. The molecule has 0 aliphatic heterocycles. The molecule has 12 heavy (non-hydrogen) atoms. The SMILES string of the molecule is Cl.NCCC(F)c1ccccc1. The maximum absolute atomic E-state index is 13.1. The quantitative estimate of drug-likeness (QED) is 0.777. The van der Waals surface area contributed by atoms with Gasteiger partial charge in [0.2, 0.25) is 0 Å². The first-order valence-electron chi connectivity index (χ1n) is 3.73. The molecule has 0 spiro atoms. The predicted molar refractivity (Wildman–Crippen MR) is 51.2 cm³/mol. The zero-order chi connectivity index (χ0) is 8.10. The van der Waals surface area contributed by atoms with Gasteiger partial charge in [0.15, 0.2) is 0 Å². The Morgan fingerprint density at radius 3 is 2.33 bits per heavy atom. The molecule has 1 unspecified atom stereocenters. The number of nitrogens with two attached hydrogens (primary N) is 1. The number of hydrogen-bond donors (Lipinski definition) is 1. The second kappa shape index (κ2) is 5.98. The van der Waals surface area contributed by atoms with Gasteiger partial charge in [-0.2, -0.15) is 0 Å². The number of rotatable bonds is 3. The molecular formula is C9H13ClFN. The Kier molecular flexibility index (Phi) is 5.68. The third-order valence-corrected chi connectivity index (χ3v) is 1.58. The summed E-state index contributed by atoms with van der Waals surface area (Å²) in [5.74, 6) is 0. The van der Waals surface area contributed by atoms with Crippen molar-refractivity contribution in [3.8, 4) is 0 Å². The lowest BCUT2D eigenvalue weighted by Crippen LogP contribution is -2.03. The zero-order valence-electron chi connectivity index (χ0n) is 6.74. The van der Waals surface area contributed by atoms with E-state index in [1.54, 1.807) is 12.1 Å². The highest BCUT2D eigenvalue weighted by Gasteiger charge is 2.06. The van der Waals surface area contributed by atoms with Gasteiger partial charge in [-0.1, -0.05) is 30.3 Å². The summed E-state index contributed by atoms with van der Waals surface area (Å²) in [5.41, 5.74) is 5.95. The van der Waals surface area contributed by atoms with Crippen LogP contribution in [0, 0.1) is 0 Å². The van der Waals surface area contributed by atoms with E-state index < -0.39 is 6.17 Å². The summed E-state index contributed by atoms with van der Waals surface area (Å²) in [4.78, 5) is 0. The Morgan fingerprint density at radius 2 is 1.83 bits per heavy atom.